The Balaban J connectivity index is 1.33. The fourth-order valence-electron chi connectivity index (χ4n) is 4.40. The van der Waals surface area contributed by atoms with Crippen molar-refractivity contribution >= 4 is 0 Å². The molecule has 2 aliphatic heterocycles. The molecule has 0 unspecified atom stereocenters. The zero-order chi connectivity index (χ0) is 18.4. The third kappa shape index (κ3) is 3.09. The van der Waals surface area contributed by atoms with Crippen LogP contribution in [0.1, 0.15) is 37.7 Å². The number of pyridine rings is 1. The minimum absolute atomic E-state index is 0.00133. The molecule has 0 bridgehead atoms. The first-order valence-corrected chi connectivity index (χ1v) is 9.99. The minimum Gasteiger partial charge on any atom is -0.462 e. The predicted octanol–water partition coefficient (Wildman–Crippen LogP) is 3.31. The highest BCUT2D eigenvalue weighted by Crippen LogP contribution is 2.40. The lowest BCUT2D eigenvalue weighted by Crippen LogP contribution is -2.54. The topological polar surface area (TPSA) is 43.7 Å². The fourth-order valence-corrected chi connectivity index (χ4v) is 4.40. The summed E-state index contributed by atoms with van der Waals surface area (Å²) in [4.78, 5) is 14.2. The first kappa shape index (κ1) is 17.0. The van der Waals surface area contributed by atoms with Crippen LogP contribution < -0.4 is 10.3 Å². The van der Waals surface area contributed by atoms with Crippen LogP contribution in [0.3, 0.4) is 0 Å². The number of rotatable bonds is 2. The molecule has 1 saturated carbocycles. The molecular formula is C22H26N2O3. The molecule has 3 aliphatic rings. The lowest BCUT2D eigenvalue weighted by atomic mass is 9.89. The van der Waals surface area contributed by atoms with Crippen molar-refractivity contribution in [3.8, 4) is 16.9 Å². The van der Waals surface area contributed by atoms with Gasteiger partial charge in [-0.05, 0) is 42.2 Å². The maximum Gasteiger partial charge on any atom is 0.250 e. The molecule has 1 saturated heterocycles. The Kier molecular flexibility index (Phi) is 4.10. The summed E-state index contributed by atoms with van der Waals surface area (Å²) in [5.74, 6) is 0.484. The van der Waals surface area contributed by atoms with Gasteiger partial charge in [-0.15, -0.1) is 0 Å². The summed E-state index contributed by atoms with van der Waals surface area (Å²) in [7, 11) is 1.77. The fraction of sp³-hybridized carbons (Fsp3) is 0.500. The minimum atomic E-state index is -0.453. The second-order valence-corrected chi connectivity index (χ2v) is 8.11. The normalized spacial score (nSPS) is 22.1. The third-order valence-corrected chi connectivity index (χ3v) is 6.42. The van der Waals surface area contributed by atoms with Crippen LogP contribution in [-0.4, -0.2) is 34.4 Å². The molecule has 5 nitrogen and oxygen atoms in total. The number of ether oxygens (including phenoxy) is 2. The average molecular weight is 366 g/mol. The number of benzene rings is 1. The number of hydrogen-bond donors (Lipinski definition) is 0. The molecule has 0 radical (unpaired) electrons. The Morgan fingerprint density at radius 1 is 1.07 bits per heavy atom. The monoisotopic (exact) mass is 366 g/mol. The standard InChI is InChI=1S/C22H26N2O3/c1-23-14-17(6-8-21(23)25)16-5-7-20-18(13-16)15-26-22(27-20)9-11-24(12-10-22)19-3-2-4-19/h5-8,13-14,19H,2-4,9-12,15H2,1H3. The zero-order valence-corrected chi connectivity index (χ0v) is 15.8. The Morgan fingerprint density at radius 3 is 2.56 bits per heavy atom. The van der Waals surface area contributed by atoms with Gasteiger partial charge in [-0.1, -0.05) is 12.5 Å². The van der Waals surface area contributed by atoms with Gasteiger partial charge in [-0.25, -0.2) is 0 Å². The molecule has 3 heterocycles. The van der Waals surface area contributed by atoms with Gasteiger partial charge < -0.3 is 14.0 Å². The highest BCUT2D eigenvalue weighted by molar-refractivity contribution is 5.65. The number of aromatic nitrogens is 1. The van der Waals surface area contributed by atoms with E-state index >= 15 is 0 Å². The van der Waals surface area contributed by atoms with E-state index in [4.69, 9.17) is 9.47 Å². The van der Waals surface area contributed by atoms with Gasteiger partial charge in [0.2, 0.25) is 11.3 Å². The van der Waals surface area contributed by atoms with E-state index in [-0.39, 0.29) is 5.56 Å². The molecule has 1 aromatic heterocycles. The van der Waals surface area contributed by atoms with Crippen molar-refractivity contribution in [2.75, 3.05) is 13.1 Å². The van der Waals surface area contributed by atoms with E-state index in [1.54, 1.807) is 17.7 Å². The number of hydrogen-bond acceptors (Lipinski definition) is 4. The average Bonchev–Trinajstić information content (AvgIpc) is 2.64. The van der Waals surface area contributed by atoms with E-state index < -0.39 is 5.79 Å². The molecule has 2 fully saturated rings. The first-order valence-electron chi connectivity index (χ1n) is 9.99. The maximum absolute atomic E-state index is 11.6. The van der Waals surface area contributed by atoms with Gasteiger partial charge in [-0.2, -0.15) is 0 Å². The highest BCUT2D eigenvalue weighted by atomic mass is 16.7. The van der Waals surface area contributed by atoms with Gasteiger partial charge in [0.1, 0.15) is 5.75 Å². The smallest absolute Gasteiger partial charge is 0.250 e. The van der Waals surface area contributed by atoms with E-state index in [1.807, 2.05) is 12.3 Å². The Hall–Kier alpha value is -2.11. The molecule has 0 atom stereocenters. The highest BCUT2D eigenvalue weighted by Gasteiger charge is 2.42. The summed E-state index contributed by atoms with van der Waals surface area (Å²) in [6.45, 7) is 2.71. The van der Waals surface area contributed by atoms with Gasteiger partial charge in [0.25, 0.3) is 0 Å². The van der Waals surface area contributed by atoms with Gasteiger partial charge >= 0.3 is 0 Å². The molecule has 0 amide bonds. The molecule has 1 aliphatic carbocycles. The number of piperidine rings is 1. The third-order valence-electron chi connectivity index (χ3n) is 6.42. The lowest BCUT2D eigenvalue weighted by molar-refractivity contribution is -0.231. The van der Waals surface area contributed by atoms with E-state index in [0.29, 0.717) is 6.61 Å². The maximum atomic E-state index is 11.6. The summed E-state index contributed by atoms with van der Waals surface area (Å²) in [5.41, 5.74) is 3.17. The number of fused-ring (bicyclic) bond motifs is 1. The molecule has 1 aromatic carbocycles. The van der Waals surface area contributed by atoms with E-state index in [1.165, 1.54) is 19.3 Å². The van der Waals surface area contributed by atoms with Crippen molar-refractivity contribution in [2.45, 2.75) is 50.5 Å². The SMILES string of the molecule is Cn1cc(-c2ccc3c(c2)COC2(CCN(C4CCC4)CC2)O3)ccc1=O. The van der Waals surface area contributed by atoms with Crippen LogP contribution in [0.2, 0.25) is 0 Å². The quantitative estimate of drug-likeness (QED) is 0.818. The van der Waals surface area contributed by atoms with Crippen LogP contribution in [0.5, 0.6) is 5.75 Å². The van der Waals surface area contributed by atoms with Crippen LogP contribution >= 0.6 is 0 Å². The summed E-state index contributed by atoms with van der Waals surface area (Å²) in [5, 5.41) is 0. The summed E-state index contributed by atoms with van der Waals surface area (Å²) < 4.78 is 14.2. The van der Waals surface area contributed by atoms with Crippen LogP contribution in [0.25, 0.3) is 11.1 Å². The Labute approximate surface area is 159 Å². The van der Waals surface area contributed by atoms with E-state index in [2.05, 4.69) is 23.1 Å². The number of aryl methyl sites for hydroxylation is 1. The van der Waals surface area contributed by atoms with Crippen LogP contribution in [-0.2, 0) is 18.4 Å². The molecule has 142 valence electrons. The summed E-state index contributed by atoms with van der Waals surface area (Å²) >= 11 is 0. The molecule has 5 rings (SSSR count). The van der Waals surface area contributed by atoms with Crippen molar-refractivity contribution in [1.29, 1.82) is 0 Å². The van der Waals surface area contributed by atoms with Gasteiger partial charge in [0.15, 0.2) is 0 Å². The van der Waals surface area contributed by atoms with Crippen LogP contribution in [0.4, 0.5) is 0 Å². The van der Waals surface area contributed by atoms with Crippen molar-refractivity contribution in [3.63, 3.8) is 0 Å². The largest absolute Gasteiger partial charge is 0.462 e. The van der Waals surface area contributed by atoms with Crippen molar-refractivity contribution in [3.05, 3.63) is 52.4 Å². The van der Waals surface area contributed by atoms with Crippen molar-refractivity contribution < 1.29 is 9.47 Å². The number of nitrogens with zero attached hydrogens (tertiary/aromatic N) is 2. The first-order chi connectivity index (χ1) is 13.1. The number of likely N-dealkylation sites (tertiary alicyclic amines) is 1. The van der Waals surface area contributed by atoms with Crippen molar-refractivity contribution in [2.24, 2.45) is 7.05 Å². The van der Waals surface area contributed by atoms with Gasteiger partial charge in [-0.3, -0.25) is 9.69 Å². The molecular weight excluding hydrogens is 340 g/mol. The Morgan fingerprint density at radius 2 is 1.85 bits per heavy atom. The molecule has 5 heteroatoms. The van der Waals surface area contributed by atoms with Gasteiger partial charge in [0, 0.05) is 56.8 Å². The predicted molar refractivity (Wildman–Crippen MR) is 104 cm³/mol. The zero-order valence-electron chi connectivity index (χ0n) is 15.8. The van der Waals surface area contributed by atoms with Crippen LogP contribution in [0.15, 0.2) is 41.3 Å². The Bertz CT molecular complexity index is 908. The molecule has 0 N–H and O–H groups in total. The molecule has 1 spiro atoms. The van der Waals surface area contributed by atoms with E-state index in [0.717, 1.165) is 54.4 Å². The molecule has 2 aromatic rings. The van der Waals surface area contributed by atoms with E-state index in [9.17, 15) is 4.79 Å². The van der Waals surface area contributed by atoms with Crippen molar-refractivity contribution in [1.82, 2.24) is 9.47 Å². The summed E-state index contributed by atoms with van der Waals surface area (Å²) in [6.07, 6.45) is 7.82. The second kappa shape index (κ2) is 6.50. The van der Waals surface area contributed by atoms with Gasteiger partial charge in [0.05, 0.1) is 6.61 Å². The summed E-state index contributed by atoms with van der Waals surface area (Å²) in [6, 6.07) is 10.5. The lowest BCUT2D eigenvalue weighted by Gasteiger charge is -2.47. The van der Waals surface area contributed by atoms with Crippen LogP contribution in [0, 0.1) is 0 Å². The molecule has 27 heavy (non-hydrogen) atoms. The second-order valence-electron chi connectivity index (χ2n) is 8.11.